The number of hydrogen-bond donors (Lipinski definition) is 0. The minimum atomic E-state index is -0.294. The Balaban J connectivity index is 2.68. The predicted octanol–water partition coefficient (Wildman–Crippen LogP) is 2.41. The zero-order chi connectivity index (χ0) is 10.1. The summed E-state index contributed by atoms with van der Waals surface area (Å²) in [5, 5.41) is 9.02. The molecule has 0 unspecified atom stereocenters. The van der Waals surface area contributed by atoms with E-state index in [0.717, 1.165) is 13.1 Å². The minimum absolute atomic E-state index is 0.294. The van der Waals surface area contributed by atoms with Crippen LogP contribution in [0.3, 0.4) is 0 Å². The summed E-state index contributed by atoms with van der Waals surface area (Å²) >= 11 is 0. The molecule has 1 aliphatic heterocycles. The van der Waals surface area contributed by atoms with Crippen molar-refractivity contribution in [3.8, 4) is 6.07 Å². The van der Waals surface area contributed by atoms with Gasteiger partial charge in [0.25, 0.3) is 0 Å². The van der Waals surface area contributed by atoms with E-state index in [2.05, 4.69) is 24.8 Å². The molecule has 13 heavy (non-hydrogen) atoms. The van der Waals surface area contributed by atoms with Crippen molar-refractivity contribution in [2.45, 2.75) is 46.1 Å². The van der Waals surface area contributed by atoms with Crippen LogP contribution < -0.4 is 0 Å². The van der Waals surface area contributed by atoms with Crippen molar-refractivity contribution in [2.75, 3.05) is 13.1 Å². The summed E-state index contributed by atoms with van der Waals surface area (Å²) in [6.07, 6.45) is 2.50. The molecule has 0 aromatic heterocycles. The molecule has 0 amide bonds. The fourth-order valence-electron chi connectivity index (χ4n) is 1.97. The molecule has 1 rings (SSSR count). The third-order valence-corrected chi connectivity index (χ3v) is 2.96. The average Bonchev–Trinajstić information content (AvgIpc) is 2.03. The molecular weight excluding hydrogens is 160 g/mol. The van der Waals surface area contributed by atoms with Crippen molar-refractivity contribution in [1.82, 2.24) is 4.90 Å². The van der Waals surface area contributed by atoms with Crippen LogP contribution in [0.15, 0.2) is 0 Å². The molecule has 0 saturated carbocycles. The number of nitrogens with zero attached hydrogens (tertiary/aromatic N) is 2. The van der Waals surface area contributed by atoms with Gasteiger partial charge in [0.2, 0.25) is 0 Å². The molecule has 1 saturated heterocycles. The maximum absolute atomic E-state index is 9.02. The van der Waals surface area contributed by atoms with E-state index < -0.39 is 0 Å². The number of rotatable bonds is 1. The van der Waals surface area contributed by atoms with Gasteiger partial charge in [-0.15, -0.1) is 0 Å². The first-order valence-corrected chi connectivity index (χ1v) is 5.04. The van der Waals surface area contributed by atoms with Gasteiger partial charge < -0.3 is 0 Å². The van der Waals surface area contributed by atoms with E-state index in [4.69, 9.17) is 5.26 Å². The zero-order valence-corrected chi connectivity index (χ0v) is 9.22. The smallest absolute Gasteiger partial charge is 0.103 e. The predicted molar refractivity (Wildman–Crippen MR) is 54.3 cm³/mol. The molecule has 1 aliphatic rings. The number of hydrogen-bond acceptors (Lipinski definition) is 2. The molecule has 0 N–H and O–H groups in total. The standard InChI is InChI=1S/C11H20N2/c1-10(2)6-5-7-13(9-10)11(3,4)8-12/h5-7,9H2,1-4H3. The summed E-state index contributed by atoms with van der Waals surface area (Å²) in [7, 11) is 0. The van der Waals surface area contributed by atoms with E-state index in [1.165, 1.54) is 12.8 Å². The van der Waals surface area contributed by atoms with Gasteiger partial charge in [0, 0.05) is 6.54 Å². The highest BCUT2D eigenvalue weighted by molar-refractivity contribution is 5.03. The average molecular weight is 180 g/mol. The Morgan fingerprint density at radius 2 is 2.00 bits per heavy atom. The van der Waals surface area contributed by atoms with Crippen LogP contribution >= 0.6 is 0 Å². The summed E-state index contributed by atoms with van der Waals surface area (Å²) in [5.74, 6) is 0. The van der Waals surface area contributed by atoms with Gasteiger partial charge in [-0.25, -0.2) is 0 Å². The van der Waals surface area contributed by atoms with Crippen molar-refractivity contribution >= 4 is 0 Å². The fourth-order valence-corrected chi connectivity index (χ4v) is 1.97. The number of piperidine rings is 1. The van der Waals surface area contributed by atoms with Gasteiger partial charge in [-0.3, -0.25) is 4.90 Å². The van der Waals surface area contributed by atoms with Crippen LogP contribution in [0, 0.1) is 16.7 Å². The summed E-state index contributed by atoms with van der Waals surface area (Å²) in [6, 6.07) is 2.37. The quantitative estimate of drug-likeness (QED) is 0.619. The van der Waals surface area contributed by atoms with Crippen molar-refractivity contribution in [1.29, 1.82) is 5.26 Å². The molecule has 0 aromatic rings. The molecule has 1 fully saturated rings. The van der Waals surface area contributed by atoms with Crippen LogP contribution in [-0.4, -0.2) is 23.5 Å². The Kier molecular flexibility index (Phi) is 2.68. The molecule has 2 nitrogen and oxygen atoms in total. The highest BCUT2D eigenvalue weighted by atomic mass is 15.2. The molecule has 0 spiro atoms. The lowest BCUT2D eigenvalue weighted by molar-refractivity contribution is 0.0616. The second-order valence-corrected chi connectivity index (χ2v) is 5.36. The second-order valence-electron chi connectivity index (χ2n) is 5.36. The second kappa shape index (κ2) is 3.31. The van der Waals surface area contributed by atoms with Gasteiger partial charge in [-0.1, -0.05) is 13.8 Å². The topological polar surface area (TPSA) is 27.0 Å². The van der Waals surface area contributed by atoms with Gasteiger partial charge in [0.05, 0.1) is 6.07 Å². The molecule has 2 heteroatoms. The Morgan fingerprint density at radius 3 is 2.46 bits per heavy atom. The third-order valence-electron chi connectivity index (χ3n) is 2.96. The van der Waals surface area contributed by atoms with E-state index >= 15 is 0 Å². The first-order chi connectivity index (χ1) is 5.87. The van der Waals surface area contributed by atoms with Crippen molar-refractivity contribution in [3.63, 3.8) is 0 Å². The highest BCUT2D eigenvalue weighted by Gasteiger charge is 2.34. The van der Waals surface area contributed by atoms with Crippen molar-refractivity contribution < 1.29 is 0 Å². The molecular formula is C11H20N2. The monoisotopic (exact) mass is 180 g/mol. The fraction of sp³-hybridized carbons (Fsp3) is 0.909. The third kappa shape index (κ3) is 2.45. The van der Waals surface area contributed by atoms with E-state index in [0.29, 0.717) is 5.41 Å². The maximum atomic E-state index is 9.02. The summed E-state index contributed by atoms with van der Waals surface area (Å²) < 4.78 is 0. The van der Waals surface area contributed by atoms with Gasteiger partial charge in [-0.2, -0.15) is 5.26 Å². The van der Waals surface area contributed by atoms with Crippen LogP contribution in [0.4, 0.5) is 0 Å². The van der Waals surface area contributed by atoms with E-state index in [1.807, 2.05) is 13.8 Å². The Morgan fingerprint density at radius 1 is 1.38 bits per heavy atom. The Bertz CT molecular complexity index is 223. The van der Waals surface area contributed by atoms with Gasteiger partial charge in [-0.05, 0) is 38.6 Å². The van der Waals surface area contributed by atoms with Crippen LogP contribution in [-0.2, 0) is 0 Å². The number of likely N-dealkylation sites (tertiary alicyclic amines) is 1. The van der Waals surface area contributed by atoms with Gasteiger partial charge in [0.15, 0.2) is 0 Å². The number of nitriles is 1. The van der Waals surface area contributed by atoms with Crippen LogP contribution in [0.2, 0.25) is 0 Å². The van der Waals surface area contributed by atoms with E-state index in [-0.39, 0.29) is 5.54 Å². The lowest BCUT2D eigenvalue weighted by Crippen LogP contribution is -2.50. The normalized spacial score (nSPS) is 23.9. The lowest BCUT2D eigenvalue weighted by Gasteiger charge is -2.43. The van der Waals surface area contributed by atoms with Crippen LogP contribution in [0.5, 0.6) is 0 Å². The summed E-state index contributed by atoms with van der Waals surface area (Å²) in [4.78, 5) is 2.30. The van der Waals surface area contributed by atoms with E-state index in [1.54, 1.807) is 0 Å². The summed E-state index contributed by atoms with van der Waals surface area (Å²) in [5.41, 5.74) is 0.0874. The molecule has 0 aromatic carbocycles. The highest BCUT2D eigenvalue weighted by Crippen LogP contribution is 2.31. The molecule has 1 heterocycles. The zero-order valence-electron chi connectivity index (χ0n) is 9.22. The SMILES string of the molecule is CC1(C)CCCN(C(C)(C)C#N)C1. The molecule has 0 bridgehead atoms. The van der Waals surface area contributed by atoms with Crippen LogP contribution in [0.25, 0.3) is 0 Å². The molecule has 0 aliphatic carbocycles. The molecule has 74 valence electrons. The van der Waals surface area contributed by atoms with Crippen LogP contribution in [0.1, 0.15) is 40.5 Å². The molecule has 0 atom stereocenters. The lowest BCUT2D eigenvalue weighted by atomic mass is 9.82. The first kappa shape index (κ1) is 10.5. The first-order valence-electron chi connectivity index (χ1n) is 5.04. The molecule has 0 radical (unpaired) electrons. The van der Waals surface area contributed by atoms with Gasteiger partial charge in [0.1, 0.15) is 5.54 Å². The minimum Gasteiger partial charge on any atom is -0.285 e. The van der Waals surface area contributed by atoms with Crippen molar-refractivity contribution in [3.05, 3.63) is 0 Å². The van der Waals surface area contributed by atoms with Gasteiger partial charge >= 0.3 is 0 Å². The van der Waals surface area contributed by atoms with Crippen molar-refractivity contribution in [2.24, 2.45) is 5.41 Å². The largest absolute Gasteiger partial charge is 0.285 e. The Labute approximate surface area is 81.5 Å². The Hall–Kier alpha value is -0.550. The van der Waals surface area contributed by atoms with E-state index in [9.17, 15) is 0 Å². The maximum Gasteiger partial charge on any atom is 0.103 e. The summed E-state index contributed by atoms with van der Waals surface area (Å²) in [6.45, 7) is 10.7.